The first kappa shape index (κ1) is 21.1. The quantitative estimate of drug-likeness (QED) is 0.543. The molecule has 0 saturated heterocycles. The average molecular weight is 492 g/mol. The highest BCUT2D eigenvalue weighted by molar-refractivity contribution is 9.10. The molecule has 12 heteroatoms. The molecule has 0 radical (unpaired) electrons. The van der Waals surface area contributed by atoms with Gasteiger partial charge in [-0.25, -0.2) is 18.4 Å². The number of sulfonamides is 1. The Morgan fingerprint density at radius 3 is 2.59 bits per heavy atom. The molecule has 0 fully saturated rings. The minimum Gasteiger partial charge on any atom is -0.470 e. The van der Waals surface area contributed by atoms with E-state index in [2.05, 4.69) is 30.3 Å². The number of aryl methyl sites for hydroxylation is 1. The first-order chi connectivity index (χ1) is 13.6. The molecule has 3 aromatic rings. The van der Waals surface area contributed by atoms with Crippen molar-refractivity contribution in [2.24, 2.45) is 0 Å². The summed E-state index contributed by atoms with van der Waals surface area (Å²) in [5.41, 5.74) is 0.771. The van der Waals surface area contributed by atoms with E-state index in [4.69, 9.17) is 4.74 Å². The van der Waals surface area contributed by atoms with Crippen molar-refractivity contribution in [2.75, 3.05) is 4.72 Å². The van der Waals surface area contributed by atoms with Crippen LogP contribution in [0.4, 0.5) is 19.0 Å². The van der Waals surface area contributed by atoms with Gasteiger partial charge < -0.3 is 9.15 Å². The number of hydrogen-bond donors (Lipinski definition) is 1. The van der Waals surface area contributed by atoms with E-state index in [0.29, 0.717) is 0 Å². The predicted octanol–water partition coefficient (Wildman–Crippen LogP) is 4.54. The number of furan rings is 1. The lowest BCUT2D eigenvalue weighted by Gasteiger charge is -2.12. The highest BCUT2D eigenvalue weighted by atomic mass is 79.9. The summed E-state index contributed by atoms with van der Waals surface area (Å²) in [6.45, 7) is 1.25. The van der Waals surface area contributed by atoms with Crippen LogP contribution in [0.25, 0.3) is 0 Å². The summed E-state index contributed by atoms with van der Waals surface area (Å²) in [6.07, 6.45) is -3.81. The summed E-state index contributed by atoms with van der Waals surface area (Å²) in [6, 6.07) is 9.72. The molecule has 0 unspecified atom stereocenters. The number of halogens is 4. The van der Waals surface area contributed by atoms with Gasteiger partial charge in [0.15, 0.2) is 0 Å². The molecule has 0 bridgehead atoms. The molecule has 0 aliphatic heterocycles. The second-order valence-corrected chi connectivity index (χ2v) is 8.24. The Kier molecular flexibility index (Phi) is 5.85. The summed E-state index contributed by atoms with van der Waals surface area (Å²) in [7, 11) is -4.69. The molecular formula is C17H13BrF3N3O4S. The van der Waals surface area contributed by atoms with E-state index in [1.165, 1.54) is 13.1 Å². The van der Waals surface area contributed by atoms with Crippen molar-refractivity contribution < 1.29 is 30.7 Å². The fourth-order valence-corrected chi connectivity index (χ4v) is 3.81. The summed E-state index contributed by atoms with van der Waals surface area (Å²) in [4.78, 5) is 6.81. The third-order valence-corrected chi connectivity index (χ3v) is 5.26. The van der Waals surface area contributed by atoms with Crippen LogP contribution in [0.15, 0.2) is 56.5 Å². The molecule has 3 rings (SSSR count). The number of rotatable bonds is 6. The molecule has 29 heavy (non-hydrogen) atoms. The molecule has 0 spiro atoms. The first-order valence-corrected chi connectivity index (χ1v) is 10.2. The van der Waals surface area contributed by atoms with Gasteiger partial charge in [0.1, 0.15) is 21.9 Å². The fraction of sp³-hybridized carbons (Fsp3) is 0.176. The van der Waals surface area contributed by atoms with Crippen LogP contribution in [-0.4, -0.2) is 18.4 Å². The van der Waals surface area contributed by atoms with E-state index in [9.17, 15) is 21.6 Å². The van der Waals surface area contributed by atoms with Gasteiger partial charge in [-0.05, 0) is 28.4 Å². The number of alkyl halides is 3. The van der Waals surface area contributed by atoms with Gasteiger partial charge in [-0.2, -0.15) is 13.2 Å². The fourth-order valence-electron chi connectivity index (χ4n) is 2.32. The van der Waals surface area contributed by atoms with Crippen molar-refractivity contribution >= 4 is 31.8 Å². The Morgan fingerprint density at radius 2 is 1.93 bits per heavy atom. The standard InChI is InChI=1S/C17H13BrF3N3O4S/c1-10-7-12(14(28-10)17(19,20)21)29(25,26)24-15-16(23-13(18)8-22-15)27-9-11-5-3-2-4-6-11/h2-8H,9H2,1H3,(H,22,24). The van der Waals surface area contributed by atoms with Crippen LogP contribution in [-0.2, 0) is 22.8 Å². The molecule has 7 nitrogen and oxygen atoms in total. The van der Waals surface area contributed by atoms with E-state index >= 15 is 0 Å². The molecule has 0 atom stereocenters. The third-order valence-electron chi connectivity index (χ3n) is 3.53. The van der Waals surface area contributed by atoms with E-state index in [0.717, 1.165) is 11.6 Å². The summed E-state index contributed by atoms with van der Waals surface area (Å²) < 4.78 is 76.8. The minimum atomic E-state index is -4.99. The van der Waals surface area contributed by atoms with Crippen molar-refractivity contribution in [2.45, 2.75) is 24.6 Å². The van der Waals surface area contributed by atoms with Gasteiger partial charge in [-0.15, -0.1) is 0 Å². The monoisotopic (exact) mass is 491 g/mol. The zero-order valence-corrected chi connectivity index (χ0v) is 17.1. The first-order valence-electron chi connectivity index (χ1n) is 7.96. The summed E-state index contributed by atoms with van der Waals surface area (Å²) >= 11 is 3.09. The van der Waals surface area contributed by atoms with Crippen molar-refractivity contribution in [3.63, 3.8) is 0 Å². The third kappa shape index (κ3) is 5.07. The van der Waals surface area contributed by atoms with Gasteiger partial charge in [0.05, 0.1) is 6.20 Å². The lowest BCUT2D eigenvalue weighted by molar-refractivity contribution is -0.155. The second kappa shape index (κ2) is 8.03. The van der Waals surface area contributed by atoms with Crippen LogP contribution >= 0.6 is 15.9 Å². The van der Waals surface area contributed by atoms with Gasteiger partial charge in [0.2, 0.25) is 11.6 Å². The lowest BCUT2D eigenvalue weighted by Crippen LogP contribution is -2.19. The Labute approximate surface area is 172 Å². The van der Waals surface area contributed by atoms with E-state index in [-0.39, 0.29) is 28.7 Å². The molecule has 2 heterocycles. The van der Waals surface area contributed by atoms with Gasteiger partial charge in [-0.1, -0.05) is 30.3 Å². The SMILES string of the molecule is Cc1cc(S(=O)(=O)Nc2ncc(Br)nc2OCc2ccccc2)c(C(F)(F)F)o1. The molecule has 154 valence electrons. The van der Waals surface area contributed by atoms with Crippen molar-refractivity contribution in [3.8, 4) is 5.88 Å². The summed E-state index contributed by atoms with van der Waals surface area (Å²) in [5, 5.41) is 0. The number of nitrogens with one attached hydrogen (secondary N) is 1. The van der Waals surface area contributed by atoms with E-state index < -0.39 is 26.9 Å². The maximum atomic E-state index is 13.1. The van der Waals surface area contributed by atoms with Crippen LogP contribution in [0.3, 0.4) is 0 Å². The Morgan fingerprint density at radius 1 is 1.24 bits per heavy atom. The highest BCUT2D eigenvalue weighted by Crippen LogP contribution is 2.37. The number of ether oxygens (including phenoxy) is 1. The number of nitrogens with zero attached hydrogens (tertiary/aromatic N) is 2. The van der Waals surface area contributed by atoms with Gasteiger partial charge in [0, 0.05) is 6.07 Å². The van der Waals surface area contributed by atoms with Crippen LogP contribution in [0.1, 0.15) is 17.1 Å². The van der Waals surface area contributed by atoms with Crippen molar-refractivity contribution in [1.82, 2.24) is 9.97 Å². The molecule has 0 saturated carbocycles. The van der Waals surface area contributed by atoms with E-state index in [1.807, 2.05) is 10.8 Å². The zero-order valence-electron chi connectivity index (χ0n) is 14.7. The number of aromatic nitrogens is 2. The molecule has 1 N–H and O–H groups in total. The Balaban J connectivity index is 1.92. The molecular weight excluding hydrogens is 479 g/mol. The molecule has 0 amide bonds. The maximum Gasteiger partial charge on any atom is 0.450 e. The number of anilines is 1. The minimum absolute atomic E-state index is 0.0410. The number of hydrogen-bond acceptors (Lipinski definition) is 6. The predicted molar refractivity (Wildman–Crippen MR) is 99.8 cm³/mol. The molecule has 1 aromatic carbocycles. The van der Waals surface area contributed by atoms with E-state index in [1.54, 1.807) is 24.3 Å². The van der Waals surface area contributed by atoms with Gasteiger partial charge in [-0.3, -0.25) is 4.72 Å². The van der Waals surface area contributed by atoms with Crippen molar-refractivity contribution in [3.05, 3.63) is 64.3 Å². The number of benzene rings is 1. The van der Waals surface area contributed by atoms with Crippen LogP contribution in [0.2, 0.25) is 0 Å². The molecule has 0 aliphatic rings. The molecule has 2 aromatic heterocycles. The van der Waals surface area contributed by atoms with Crippen molar-refractivity contribution in [1.29, 1.82) is 0 Å². The summed E-state index contributed by atoms with van der Waals surface area (Å²) in [5.74, 6) is -2.41. The lowest BCUT2D eigenvalue weighted by atomic mass is 10.2. The largest absolute Gasteiger partial charge is 0.470 e. The Hall–Kier alpha value is -2.60. The van der Waals surface area contributed by atoms with Gasteiger partial charge >= 0.3 is 6.18 Å². The van der Waals surface area contributed by atoms with Crippen LogP contribution in [0.5, 0.6) is 5.88 Å². The smallest absolute Gasteiger partial charge is 0.450 e. The normalized spacial score (nSPS) is 12.0. The second-order valence-electron chi connectivity index (χ2n) is 5.77. The topological polar surface area (TPSA) is 94.3 Å². The highest BCUT2D eigenvalue weighted by Gasteiger charge is 2.42. The molecule has 0 aliphatic carbocycles. The van der Waals surface area contributed by atoms with Gasteiger partial charge in [0.25, 0.3) is 15.9 Å². The maximum absolute atomic E-state index is 13.1. The van der Waals surface area contributed by atoms with Crippen LogP contribution in [0, 0.1) is 6.92 Å². The van der Waals surface area contributed by atoms with Crippen LogP contribution < -0.4 is 9.46 Å². The zero-order chi connectivity index (χ0) is 21.2. The average Bonchev–Trinajstić information content (AvgIpc) is 3.06. The Bertz CT molecular complexity index is 1120.